The van der Waals surface area contributed by atoms with Crippen LogP contribution >= 0.6 is 0 Å². The molecule has 0 saturated carbocycles. The number of hydrogen-bond acceptors (Lipinski definition) is 8. The number of hydrogen-bond donors (Lipinski definition) is 1. The number of furan rings is 1. The van der Waals surface area contributed by atoms with Crippen LogP contribution in [0.1, 0.15) is 44.5 Å². The Balaban J connectivity index is 1.57. The maximum absolute atomic E-state index is 14.1. The minimum atomic E-state index is -3.53. The lowest BCUT2D eigenvalue weighted by atomic mass is 9.85. The number of nitrogens with one attached hydrogen (secondary N) is 1. The largest absolute Gasteiger partial charge is 0.479 e. The lowest BCUT2D eigenvalue weighted by Crippen LogP contribution is -2.44. The van der Waals surface area contributed by atoms with E-state index in [2.05, 4.69) is 15.6 Å². The molecular formula is C28H30F4N4O5S. The zero-order chi connectivity index (χ0) is 30.8. The van der Waals surface area contributed by atoms with Gasteiger partial charge in [0.15, 0.2) is 23.2 Å². The number of aromatic nitrogens is 3. The molecule has 1 unspecified atom stereocenters. The van der Waals surface area contributed by atoms with Crippen molar-refractivity contribution in [2.45, 2.75) is 45.3 Å². The second kappa shape index (κ2) is 12.2. The first-order valence-corrected chi connectivity index (χ1v) is 15.1. The summed E-state index contributed by atoms with van der Waals surface area (Å²) < 4.78 is 90.4. The number of carbonyl (C=O) groups excluding carboxylic acids is 1. The summed E-state index contributed by atoms with van der Waals surface area (Å²) in [7, 11) is -3.53. The molecule has 1 N–H and O–H groups in total. The molecule has 0 aliphatic rings. The van der Waals surface area contributed by atoms with Gasteiger partial charge in [0.25, 0.3) is 0 Å². The van der Waals surface area contributed by atoms with Gasteiger partial charge in [0.05, 0.1) is 23.8 Å². The van der Waals surface area contributed by atoms with Gasteiger partial charge in [-0.1, -0.05) is 25.1 Å². The van der Waals surface area contributed by atoms with E-state index >= 15 is 0 Å². The number of halogens is 4. The maximum Gasteiger partial charge on any atom is 0.203 e. The number of sulfone groups is 1. The van der Waals surface area contributed by atoms with E-state index in [0.717, 1.165) is 27.5 Å². The summed E-state index contributed by atoms with van der Waals surface area (Å²) in [5.74, 6) is -9.69. The highest BCUT2D eigenvalue weighted by atomic mass is 32.2. The van der Waals surface area contributed by atoms with Crippen molar-refractivity contribution in [3.05, 3.63) is 77.3 Å². The zero-order valence-electron chi connectivity index (χ0n) is 23.3. The molecule has 42 heavy (non-hydrogen) atoms. The van der Waals surface area contributed by atoms with Crippen molar-refractivity contribution in [1.82, 2.24) is 20.3 Å². The maximum atomic E-state index is 14.1. The average Bonchev–Trinajstić information content (AvgIpc) is 3.60. The van der Waals surface area contributed by atoms with Gasteiger partial charge in [0, 0.05) is 24.3 Å². The smallest absolute Gasteiger partial charge is 0.203 e. The van der Waals surface area contributed by atoms with Crippen molar-refractivity contribution >= 4 is 26.6 Å². The summed E-state index contributed by atoms with van der Waals surface area (Å²) in [6.07, 6.45) is 3.82. The third-order valence-corrected chi connectivity index (χ3v) is 8.23. The summed E-state index contributed by atoms with van der Waals surface area (Å²) in [6.45, 7) is 5.27. The van der Waals surface area contributed by atoms with E-state index in [0.29, 0.717) is 12.2 Å². The second-order valence-electron chi connectivity index (χ2n) is 10.6. The number of nitrogens with zero attached hydrogens (tertiary/aromatic N) is 3. The Kier molecular flexibility index (Phi) is 9.06. The van der Waals surface area contributed by atoms with Crippen LogP contribution in [0.3, 0.4) is 0 Å². The van der Waals surface area contributed by atoms with Gasteiger partial charge in [-0.25, -0.2) is 21.9 Å². The highest BCUT2D eigenvalue weighted by Gasteiger charge is 2.35. The lowest BCUT2D eigenvalue weighted by Gasteiger charge is -2.33. The van der Waals surface area contributed by atoms with E-state index in [4.69, 9.17) is 9.15 Å². The molecule has 4 rings (SSSR count). The van der Waals surface area contributed by atoms with Crippen LogP contribution in [0.4, 0.5) is 17.6 Å². The Hall–Kier alpha value is -3.78. The quantitative estimate of drug-likeness (QED) is 0.169. The molecule has 9 nitrogen and oxygen atoms in total. The van der Waals surface area contributed by atoms with Crippen LogP contribution in [0.2, 0.25) is 0 Å². The van der Waals surface area contributed by atoms with Crippen LogP contribution in [0.25, 0.3) is 11.0 Å². The Morgan fingerprint density at radius 1 is 1.12 bits per heavy atom. The van der Waals surface area contributed by atoms with E-state index in [-0.39, 0.29) is 18.4 Å². The first kappa shape index (κ1) is 31.2. The van der Waals surface area contributed by atoms with Crippen LogP contribution in [0.15, 0.2) is 47.2 Å². The predicted molar refractivity (Wildman–Crippen MR) is 145 cm³/mol. The van der Waals surface area contributed by atoms with Gasteiger partial charge in [0.2, 0.25) is 11.6 Å². The molecule has 4 aromatic rings. The normalized spacial score (nSPS) is 14.3. The monoisotopic (exact) mass is 610 g/mol. The summed E-state index contributed by atoms with van der Waals surface area (Å²) in [4.78, 5) is 13.2. The van der Waals surface area contributed by atoms with Gasteiger partial charge in [0.1, 0.15) is 33.8 Å². The molecule has 0 aliphatic carbocycles. The summed E-state index contributed by atoms with van der Waals surface area (Å²) in [5.41, 5.74) is 1.43. The van der Waals surface area contributed by atoms with Gasteiger partial charge in [-0.15, -0.1) is 5.10 Å². The topological polar surface area (TPSA) is 116 Å². The molecule has 2 aromatic carbocycles. The van der Waals surface area contributed by atoms with Crippen LogP contribution in [0, 0.1) is 29.2 Å². The van der Waals surface area contributed by atoms with Crippen LogP contribution in [0.5, 0.6) is 5.75 Å². The van der Waals surface area contributed by atoms with Crippen molar-refractivity contribution in [3.63, 3.8) is 0 Å². The Morgan fingerprint density at radius 3 is 2.45 bits per heavy atom. The van der Waals surface area contributed by atoms with E-state index in [1.807, 2.05) is 45.0 Å². The van der Waals surface area contributed by atoms with Gasteiger partial charge in [-0.05, 0) is 43.0 Å². The number of ketones is 1. The lowest BCUT2D eigenvalue weighted by molar-refractivity contribution is -0.124. The highest BCUT2D eigenvalue weighted by molar-refractivity contribution is 7.90. The molecule has 226 valence electrons. The van der Waals surface area contributed by atoms with Crippen molar-refractivity contribution < 1.29 is 39.9 Å². The fourth-order valence-corrected chi connectivity index (χ4v) is 5.00. The minimum Gasteiger partial charge on any atom is -0.479 e. The third-order valence-electron chi connectivity index (χ3n) is 7.26. The average molecular weight is 611 g/mol. The molecule has 2 heterocycles. The molecule has 0 spiro atoms. The molecule has 14 heteroatoms. The number of rotatable bonds is 13. The number of carbonyl (C=O) groups is 1. The van der Waals surface area contributed by atoms with Crippen LogP contribution in [-0.4, -0.2) is 47.8 Å². The van der Waals surface area contributed by atoms with Gasteiger partial charge < -0.3 is 14.5 Å². The molecule has 0 radical (unpaired) electrons. The molecule has 2 atom stereocenters. The third kappa shape index (κ3) is 6.81. The fourth-order valence-electron chi connectivity index (χ4n) is 4.35. The van der Waals surface area contributed by atoms with Gasteiger partial charge >= 0.3 is 0 Å². The molecular weight excluding hydrogens is 580 g/mol. The molecule has 0 amide bonds. The zero-order valence-corrected chi connectivity index (χ0v) is 24.1. The fraction of sp³-hybridized carbons (Fsp3) is 0.393. The van der Waals surface area contributed by atoms with Gasteiger partial charge in [-0.3, -0.25) is 4.79 Å². The van der Waals surface area contributed by atoms with Crippen molar-refractivity contribution in [2.24, 2.45) is 5.92 Å². The summed E-state index contributed by atoms with van der Waals surface area (Å²) in [5, 5.41) is 12.8. The number of Topliss-reactive ketones (excluding diaryl/α,β-unsaturated/α-hetero) is 1. The van der Waals surface area contributed by atoms with Gasteiger partial charge in [-0.2, -0.15) is 8.78 Å². The van der Waals surface area contributed by atoms with E-state index in [1.54, 1.807) is 6.26 Å². The Labute approximate surface area is 239 Å². The van der Waals surface area contributed by atoms with Crippen molar-refractivity contribution in [1.29, 1.82) is 0 Å². The van der Waals surface area contributed by atoms with Crippen LogP contribution in [-0.2, 0) is 26.7 Å². The summed E-state index contributed by atoms with van der Waals surface area (Å²) in [6, 6.07) is 6.38. The molecule has 0 fully saturated rings. The predicted octanol–water partition coefficient (Wildman–Crippen LogP) is 4.87. The first-order chi connectivity index (χ1) is 19.7. The van der Waals surface area contributed by atoms with E-state index in [9.17, 15) is 30.8 Å². The van der Waals surface area contributed by atoms with Crippen molar-refractivity contribution in [2.75, 3.05) is 18.6 Å². The number of fused-ring (bicyclic) bond motifs is 1. The SMILES string of the molecule is CC(C)[C@](C)(NCc1ccc2occc2c1)c1cn(C(CCS(C)(=O)=O)C(=O)COc2c(F)c(F)cc(F)c2F)nn1. The molecule has 0 bridgehead atoms. The van der Waals surface area contributed by atoms with Crippen molar-refractivity contribution in [3.8, 4) is 5.75 Å². The highest BCUT2D eigenvalue weighted by Crippen LogP contribution is 2.30. The minimum absolute atomic E-state index is 0.0147. The number of ether oxygens (including phenoxy) is 1. The summed E-state index contributed by atoms with van der Waals surface area (Å²) >= 11 is 0. The van der Waals surface area contributed by atoms with E-state index in [1.165, 1.54) is 6.20 Å². The molecule has 2 aromatic heterocycles. The Morgan fingerprint density at radius 2 is 1.81 bits per heavy atom. The molecule has 0 aliphatic heterocycles. The second-order valence-corrected chi connectivity index (χ2v) is 12.8. The Bertz CT molecular complexity index is 1680. The van der Waals surface area contributed by atoms with E-state index < -0.39 is 68.6 Å². The number of benzene rings is 2. The van der Waals surface area contributed by atoms with Crippen LogP contribution < -0.4 is 10.1 Å². The molecule has 0 saturated heterocycles. The first-order valence-electron chi connectivity index (χ1n) is 13.0. The standard InChI is InChI=1S/C28H30F4N4O5S/c1-16(2)28(3,33-13-17-5-6-23-18(11-17)7-9-40-23)24-14-36(35-34-24)21(8-10-42(4,38)39)22(37)15-41-27-25(31)19(29)12-20(30)26(27)32/h5-7,9,11-12,14,16,21,33H,8,10,13,15H2,1-4H3/t21?,28-/m0/s1.